The van der Waals surface area contributed by atoms with Crippen molar-refractivity contribution in [2.75, 3.05) is 30.4 Å². The van der Waals surface area contributed by atoms with Gasteiger partial charge in [0.1, 0.15) is 0 Å². The normalized spacial score (nSPS) is 14.7. The van der Waals surface area contributed by atoms with Gasteiger partial charge in [-0.1, -0.05) is 48.0 Å². The molecule has 0 radical (unpaired) electrons. The molecule has 0 spiro atoms. The van der Waals surface area contributed by atoms with E-state index < -0.39 is 6.10 Å². The van der Waals surface area contributed by atoms with E-state index in [0.717, 1.165) is 35.5 Å². The number of carbonyl (C=O) groups is 1. The maximum atomic E-state index is 12.6. The Bertz CT molecular complexity index is 1060. The summed E-state index contributed by atoms with van der Waals surface area (Å²) < 4.78 is 0. The molecule has 31 heavy (non-hydrogen) atoms. The molecular weight excluding hydrogens is 410 g/mol. The maximum absolute atomic E-state index is 12.6. The van der Waals surface area contributed by atoms with Crippen molar-refractivity contribution in [3.63, 3.8) is 0 Å². The molecule has 0 bridgehead atoms. The van der Waals surface area contributed by atoms with Crippen molar-refractivity contribution in [3.05, 3.63) is 94.5 Å². The highest BCUT2D eigenvalue weighted by Crippen LogP contribution is 2.38. The van der Waals surface area contributed by atoms with Crippen LogP contribution in [0.3, 0.4) is 0 Å². The molecule has 0 fully saturated rings. The van der Waals surface area contributed by atoms with Gasteiger partial charge < -0.3 is 20.6 Å². The predicted molar refractivity (Wildman–Crippen MR) is 126 cm³/mol. The molecule has 2 atom stereocenters. The lowest BCUT2D eigenvalue weighted by molar-refractivity contribution is 0.102. The van der Waals surface area contributed by atoms with Crippen molar-refractivity contribution in [3.8, 4) is 0 Å². The zero-order chi connectivity index (χ0) is 21.8. The number of fused-ring (bicyclic) bond motifs is 1. The average Bonchev–Trinajstić information content (AvgIpc) is 3.18. The number of nitrogens with one attached hydrogen (secondary N) is 2. The van der Waals surface area contributed by atoms with Gasteiger partial charge in [-0.05, 0) is 61.0 Å². The third-order valence-electron chi connectivity index (χ3n) is 5.61. The van der Waals surface area contributed by atoms with Gasteiger partial charge >= 0.3 is 0 Å². The fraction of sp³-hybridized carbons (Fsp3) is 0.240. The van der Waals surface area contributed by atoms with Crippen LogP contribution < -0.4 is 15.5 Å². The average molecular weight is 436 g/mol. The second-order valence-electron chi connectivity index (χ2n) is 7.73. The van der Waals surface area contributed by atoms with E-state index in [-0.39, 0.29) is 11.9 Å². The minimum atomic E-state index is -0.555. The van der Waals surface area contributed by atoms with Crippen molar-refractivity contribution in [2.45, 2.75) is 18.6 Å². The van der Waals surface area contributed by atoms with Crippen LogP contribution >= 0.6 is 11.6 Å². The number of halogens is 1. The molecule has 3 N–H and O–H groups in total. The Hall–Kier alpha value is -2.86. The second-order valence-corrected chi connectivity index (χ2v) is 8.17. The lowest BCUT2D eigenvalue weighted by atomic mass is 9.99. The molecule has 0 unspecified atom stereocenters. The summed E-state index contributed by atoms with van der Waals surface area (Å²) in [5, 5.41) is 17.5. The molecule has 160 valence electrons. The molecule has 5 nitrogen and oxygen atoms in total. The third kappa shape index (κ3) is 4.74. The summed E-state index contributed by atoms with van der Waals surface area (Å²) in [7, 11) is 1.85. The van der Waals surface area contributed by atoms with Gasteiger partial charge in [-0.25, -0.2) is 0 Å². The number of carbonyl (C=O) groups excluding carboxylic acids is 1. The Labute approximate surface area is 187 Å². The van der Waals surface area contributed by atoms with Crippen molar-refractivity contribution in [1.82, 2.24) is 5.32 Å². The molecule has 0 aliphatic carbocycles. The van der Waals surface area contributed by atoms with Gasteiger partial charge in [0.25, 0.3) is 5.91 Å². The smallest absolute Gasteiger partial charge is 0.255 e. The number of aliphatic hydroxyl groups excluding tert-OH is 1. The maximum Gasteiger partial charge on any atom is 0.255 e. The first-order chi connectivity index (χ1) is 15.1. The van der Waals surface area contributed by atoms with Gasteiger partial charge in [-0.15, -0.1) is 0 Å². The number of aliphatic hydroxyl groups is 1. The molecular formula is C25H26ClN3O2. The van der Waals surface area contributed by atoms with E-state index in [1.165, 1.54) is 0 Å². The summed E-state index contributed by atoms with van der Waals surface area (Å²) in [5.74, 6) is -0.191. The molecule has 1 amide bonds. The quantitative estimate of drug-likeness (QED) is 0.518. The van der Waals surface area contributed by atoms with E-state index in [0.29, 0.717) is 17.1 Å². The molecule has 3 aromatic rings. The van der Waals surface area contributed by atoms with Crippen LogP contribution in [0.4, 0.5) is 11.4 Å². The van der Waals surface area contributed by atoms with Gasteiger partial charge in [0.2, 0.25) is 0 Å². The Morgan fingerprint density at radius 3 is 2.65 bits per heavy atom. The van der Waals surface area contributed by atoms with Crippen molar-refractivity contribution in [2.24, 2.45) is 0 Å². The minimum absolute atomic E-state index is 0.151. The zero-order valence-electron chi connectivity index (χ0n) is 17.4. The largest absolute Gasteiger partial charge is 0.389 e. The number of hydrogen-bond donors (Lipinski definition) is 3. The van der Waals surface area contributed by atoms with E-state index in [1.807, 2.05) is 43.4 Å². The molecule has 1 heterocycles. The molecule has 0 aromatic heterocycles. The molecule has 4 rings (SSSR count). The standard InChI is InChI=1S/C25H26ClN3O2/c1-27-16-23(30)24(17-6-3-2-4-7-17)29-13-12-18-15-21(10-11-22(18)29)28-25(31)19-8-5-9-20(26)14-19/h2-11,14-15,23-24,27,30H,12-13,16H2,1H3,(H,28,31)/t23-,24-/m0/s1. The monoisotopic (exact) mass is 435 g/mol. The second kappa shape index (κ2) is 9.52. The Morgan fingerprint density at radius 2 is 1.90 bits per heavy atom. The van der Waals surface area contributed by atoms with Gasteiger partial charge in [0.05, 0.1) is 12.1 Å². The fourth-order valence-corrected chi connectivity index (χ4v) is 4.40. The summed E-state index contributed by atoms with van der Waals surface area (Å²) in [6, 6.07) is 22.8. The SMILES string of the molecule is CNC[C@H](O)[C@H](c1ccccc1)N1CCc2cc(NC(=O)c3cccc(Cl)c3)ccc21. The molecule has 1 aliphatic heterocycles. The van der Waals surface area contributed by atoms with E-state index in [9.17, 15) is 9.90 Å². The van der Waals surface area contributed by atoms with Gasteiger partial charge in [0.15, 0.2) is 0 Å². The van der Waals surface area contributed by atoms with Crippen molar-refractivity contribution in [1.29, 1.82) is 0 Å². The van der Waals surface area contributed by atoms with Gasteiger partial charge in [-0.2, -0.15) is 0 Å². The van der Waals surface area contributed by atoms with E-state index >= 15 is 0 Å². The highest BCUT2D eigenvalue weighted by atomic mass is 35.5. The van der Waals surface area contributed by atoms with E-state index in [2.05, 4.69) is 27.7 Å². The summed E-state index contributed by atoms with van der Waals surface area (Å²) >= 11 is 6.00. The van der Waals surface area contributed by atoms with Crippen LogP contribution in [0.15, 0.2) is 72.8 Å². The van der Waals surface area contributed by atoms with E-state index in [4.69, 9.17) is 11.6 Å². The number of amides is 1. The van der Waals surface area contributed by atoms with Gasteiger partial charge in [0, 0.05) is 35.1 Å². The summed E-state index contributed by atoms with van der Waals surface area (Å²) in [5.41, 5.74) is 4.59. The first-order valence-electron chi connectivity index (χ1n) is 10.4. The van der Waals surface area contributed by atoms with Crippen molar-refractivity contribution >= 4 is 28.9 Å². The van der Waals surface area contributed by atoms with Crippen LogP contribution in [0.2, 0.25) is 5.02 Å². The molecule has 1 aliphatic rings. The van der Waals surface area contributed by atoms with Crippen LogP contribution in [-0.4, -0.2) is 37.3 Å². The number of nitrogens with zero attached hydrogens (tertiary/aromatic N) is 1. The van der Waals surface area contributed by atoms with E-state index in [1.54, 1.807) is 24.3 Å². The molecule has 6 heteroatoms. The first-order valence-corrected chi connectivity index (χ1v) is 10.8. The fourth-order valence-electron chi connectivity index (χ4n) is 4.21. The lowest BCUT2D eigenvalue weighted by Crippen LogP contribution is -2.40. The summed E-state index contributed by atoms with van der Waals surface area (Å²) in [4.78, 5) is 14.8. The molecule has 0 saturated heterocycles. The Balaban J connectivity index is 1.57. The molecule has 0 saturated carbocycles. The highest BCUT2D eigenvalue weighted by molar-refractivity contribution is 6.31. The Morgan fingerprint density at radius 1 is 1.10 bits per heavy atom. The minimum Gasteiger partial charge on any atom is -0.389 e. The highest BCUT2D eigenvalue weighted by Gasteiger charge is 2.32. The van der Waals surface area contributed by atoms with Crippen LogP contribution in [0.25, 0.3) is 0 Å². The third-order valence-corrected chi connectivity index (χ3v) is 5.85. The van der Waals surface area contributed by atoms with Crippen LogP contribution in [-0.2, 0) is 6.42 Å². The zero-order valence-corrected chi connectivity index (χ0v) is 18.1. The van der Waals surface area contributed by atoms with Crippen LogP contribution in [0.1, 0.15) is 27.5 Å². The number of likely N-dealkylation sites (N-methyl/N-ethyl adjacent to an activating group) is 1. The van der Waals surface area contributed by atoms with Crippen LogP contribution in [0.5, 0.6) is 0 Å². The number of rotatable bonds is 7. The lowest BCUT2D eigenvalue weighted by Gasteiger charge is -2.34. The molecule has 3 aromatic carbocycles. The number of benzene rings is 3. The number of anilines is 2. The van der Waals surface area contributed by atoms with Crippen LogP contribution in [0, 0.1) is 0 Å². The van der Waals surface area contributed by atoms with Gasteiger partial charge in [-0.3, -0.25) is 4.79 Å². The summed E-state index contributed by atoms with van der Waals surface area (Å²) in [6.07, 6.45) is 0.298. The number of hydrogen-bond acceptors (Lipinski definition) is 4. The summed E-state index contributed by atoms with van der Waals surface area (Å²) in [6.45, 7) is 1.31. The predicted octanol–water partition coefficient (Wildman–Crippen LogP) is 4.28. The topological polar surface area (TPSA) is 64.6 Å². The van der Waals surface area contributed by atoms with Crippen molar-refractivity contribution < 1.29 is 9.90 Å². The Kier molecular flexibility index (Phi) is 6.56. The first kappa shape index (κ1) is 21.4.